The first-order chi connectivity index (χ1) is 11.1. The summed E-state index contributed by atoms with van der Waals surface area (Å²) >= 11 is 0. The molecule has 24 heavy (non-hydrogen) atoms. The number of rotatable bonds is 8. The summed E-state index contributed by atoms with van der Waals surface area (Å²) in [6.45, 7) is 11.4. The Morgan fingerprint density at radius 2 is 1.04 bits per heavy atom. The first kappa shape index (κ1) is 20.9. The first-order valence-electron chi connectivity index (χ1n) is 8.89. The highest BCUT2D eigenvalue weighted by molar-refractivity contribution is 5.74. The number of carbonyl (C=O) groups is 2. The topological polar surface area (TPSA) is 71.1 Å². The van der Waals surface area contributed by atoms with Crippen LogP contribution in [-0.4, -0.2) is 23.1 Å². The molecule has 0 aromatic heterocycles. The van der Waals surface area contributed by atoms with Gasteiger partial charge in [0.2, 0.25) is 0 Å². The highest BCUT2D eigenvalue weighted by Crippen LogP contribution is 2.31. The number of hydrogen-bond acceptors (Lipinski definition) is 6. The van der Waals surface area contributed by atoms with Crippen molar-refractivity contribution in [1.82, 2.24) is 0 Å². The summed E-state index contributed by atoms with van der Waals surface area (Å²) in [6, 6.07) is 0. The van der Waals surface area contributed by atoms with E-state index in [1.807, 2.05) is 41.5 Å². The fraction of sp³-hybridized carbons (Fsp3) is 0.889. The highest BCUT2D eigenvalue weighted by atomic mass is 17.2. The molecule has 0 N–H and O–H groups in total. The summed E-state index contributed by atoms with van der Waals surface area (Å²) in [7, 11) is 0. The van der Waals surface area contributed by atoms with E-state index in [0.29, 0.717) is 25.7 Å². The monoisotopic (exact) mass is 344 g/mol. The zero-order chi connectivity index (χ0) is 18.4. The zero-order valence-electron chi connectivity index (χ0n) is 15.8. The van der Waals surface area contributed by atoms with E-state index in [-0.39, 0.29) is 23.8 Å². The van der Waals surface area contributed by atoms with Crippen LogP contribution in [0, 0.1) is 11.8 Å². The Hall–Kier alpha value is -1.14. The molecule has 0 spiro atoms. The molecule has 0 amide bonds. The molecule has 0 saturated heterocycles. The molecule has 0 bridgehead atoms. The molecule has 0 radical (unpaired) electrons. The molecule has 6 nitrogen and oxygen atoms in total. The van der Waals surface area contributed by atoms with Gasteiger partial charge in [0.1, 0.15) is 11.2 Å². The number of hydrogen-bond donors (Lipinski definition) is 0. The second kappa shape index (κ2) is 8.81. The first-order valence-corrected chi connectivity index (χ1v) is 8.89. The lowest BCUT2D eigenvalue weighted by atomic mass is 9.82. The van der Waals surface area contributed by atoms with Crippen molar-refractivity contribution >= 4 is 11.9 Å². The smallest absolute Gasteiger partial charge is 0.298 e. The summed E-state index contributed by atoms with van der Waals surface area (Å²) in [6.07, 6.45) is 3.84. The van der Waals surface area contributed by atoms with Crippen LogP contribution >= 0.6 is 0 Å². The fourth-order valence-electron chi connectivity index (χ4n) is 2.13. The third-order valence-corrected chi connectivity index (χ3v) is 4.80. The molecule has 1 fully saturated rings. The van der Waals surface area contributed by atoms with Gasteiger partial charge in [-0.25, -0.2) is 9.59 Å². The molecule has 0 aromatic carbocycles. The maximum atomic E-state index is 12.0. The molecule has 1 aliphatic carbocycles. The van der Waals surface area contributed by atoms with Crippen molar-refractivity contribution < 1.29 is 29.1 Å². The van der Waals surface area contributed by atoms with Crippen LogP contribution in [0.2, 0.25) is 0 Å². The fourth-order valence-corrected chi connectivity index (χ4v) is 2.13. The molecule has 0 aliphatic heterocycles. The van der Waals surface area contributed by atoms with Gasteiger partial charge >= 0.3 is 11.9 Å². The summed E-state index contributed by atoms with van der Waals surface area (Å²) < 4.78 is 0. The average molecular weight is 344 g/mol. The van der Waals surface area contributed by atoms with Crippen LogP contribution in [0.4, 0.5) is 0 Å². The summed E-state index contributed by atoms with van der Waals surface area (Å²) in [5, 5.41) is 0. The van der Waals surface area contributed by atoms with Crippen LogP contribution in [-0.2, 0) is 29.1 Å². The van der Waals surface area contributed by atoms with Gasteiger partial charge in [-0.15, -0.1) is 0 Å². The molecular weight excluding hydrogens is 312 g/mol. The maximum Gasteiger partial charge on any atom is 0.345 e. The molecule has 6 heteroatoms. The Morgan fingerprint density at radius 1 is 0.750 bits per heavy atom. The van der Waals surface area contributed by atoms with Crippen LogP contribution in [0.5, 0.6) is 0 Å². The molecule has 0 heterocycles. The van der Waals surface area contributed by atoms with Gasteiger partial charge in [-0.3, -0.25) is 9.78 Å². The largest absolute Gasteiger partial charge is 0.345 e. The lowest BCUT2D eigenvalue weighted by Crippen LogP contribution is -2.32. The summed E-state index contributed by atoms with van der Waals surface area (Å²) in [5.74, 6) is -1.16. The maximum absolute atomic E-state index is 12.0. The molecule has 0 unspecified atom stereocenters. The summed E-state index contributed by atoms with van der Waals surface area (Å²) in [4.78, 5) is 44.4. The average Bonchev–Trinajstić information content (AvgIpc) is 2.58. The third-order valence-electron chi connectivity index (χ3n) is 4.80. The quantitative estimate of drug-likeness (QED) is 0.487. The van der Waals surface area contributed by atoms with Crippen LogP contribution in [0.1, 0.15) is 80.1 Å². The molecule has 1 saturated carbocycles. The Balaban J connectivity index is 2.35. The second-order valence-corrected chi connectivity index (χ2v) is 7.75. The molecule has 140 valence electrons. The van der Waals surface area contributed by atoms with E-state index < -0.39 is 11.2 Å². The lowest BCUT2D eigenvalue weighted by Gasteiger charge is -2.28. The minimum Gasteiger partial charge on any atom is -0.298 e. The van der Waals surface area contributed by atoms with Crippen LogP contribution < -0.4 is 0 Å². The van der Waals surface area contributed by atoms with E-state index in [1.54, 1.807) is 0 Å². The standard InChI is InChI=1S/C18H32O6/c1-7-17(3,4)23-21-15(19)13-9-11-14(12-10-13)16(20)22-24-18(5,6)8-2/h13-14H,7-12H2,1-6H3. The Bertz CT molecular complexity index is 381. The van der Waals surface area contributed by atoms with E-state index in [1.165, 1.54) is 0 Å². The SMILES string of the molecule is CCC(C)(C)OOC(=O)C1CCC(C(=O)OOC(C)(C)CC)CC1. The van der Waals surface area contributed by atoms with Crippen molar-refractivity contribution in [3.05, 3.63) is 0 Å². The number of carbonyl (C=O) groups excluding carboxylic acids is 2. The van der Waals surface area contributed by atoms with E-state index in [9.17, 15) is 9.59 Å². The van der Waals surface area contributed by atoms with E-state index in [0.717, 1.165) is 12.8 Å². The zero-order valence-corrected chi connectivity index (χ0v) is 15.8. The van der Waals surface area contributed by atoms with Crippen molar-refractivity contribution in [2.45, 2.75) is 91.3 Å². The van der Waals surface area contributed by atoms with Gasteiger partial charge in [0, 0.05) is 0 Å². The minimum atomic E-state index is -0.486. The summed E-state index contributed by atoms with van der Waals surface area (Å²) in [5.41, 5.74) is -0.972. The predicted molar refractivity (Wildman–Crippen MR) is 88.5 cm³/mol. The van der Waals surface area contributed by atoms with Crippen molar-refractivity contribution in [3.8, 4) is 0 Å². The molecule has 0 atom stereocenters. The molecule has 1 rings (SSSR count). The van der Waals surface area contributed by atoms with Crippen molar-refractivity contribution in [3.63, 3.8) is 0 Å². The predicted octanol–water partition coefficient (Wildman–Crippen LogP) is 4.12. The lowest BCUT2D eigenvalue weighted by molar-refractivity contribution is -0.330. The van der Waals surface area contributed by atoms with Crippen LogP contribution in [0.25, 0.3) is 0 Å². The van der Waals surface area contributed by atoms with Gasteiger partial charge in [0.25, 0.3) is 0 Å². The Labute approximate surface area is 145 Å². The normalized spacial score (nSPS) is 22.1. The van der Waals surface area contributed by atoms with Gasteiger partial charge in [-0.2, -0.15) is 9.78 Å². The van der Waals surface area contributed by atoms with Crippen LogP contribution in [0.15, 0.2) is 0 Å². The van der Waals surface area contributed by atoms with Gasteiger partial charge in [0.15, 0.2) is 0 Å². The van der Waals surface area contributed by atoms with Gasteiger partial charge in [-0.1, -0.05) is 13.8 Å². The highest BCUT2D eigenvalue weighted by Gasteiger charge is 2.34. The van der Waals surface area contributed by atoms with Gasteiger partial charge < -0.3 is 0 Å². The third kappa shape index (κ3) is 6.77. The Morgan fingerprint density at radius 3 is 1.29 bits per heavy atom. The van der Waals surface area contributed by atoms with Crippen molar-refractivity contribution in [2.24, 2.45) is 11.8 Å². The van der Waals surface area contributed by atoms with E-state index in [4.69, 9.17) is 19.6 Å². The van der Waals surface area contributed by atoms with Crippen molar-refractivity contribution in [2.75, 3.05) is 0 Å². The molecule has 0 aromatic rings. The van der Waals surface area contributed by atoms with Gasteiger partial charge in [-0.05, 0) is 66.2 Å². The van der Waals surface area contributed by atoms with Crippen molar-refractivity contribution in [1.29, 1.82) is 0 Å². The second-order valence-electron chi connectivity index (χ2n) is 7.75. The van der Waals surface area contributed by atoms with E-state index in [2.05, 4.69) is 0 Å². The Kier molecular flexibility index (Phi) is 7.67. The van der Waals surface area contributed by atoms with E-state index >= 15 is 0 Å². The van der Waals surface area contributed by atoms with Gasteiger partial charge in [0.05, 0.1) is 11.8 Å². The van der Waals surface area contributed by atoms with Crippen LogP contribution in [0.3, 0.4) is 0 Å². The molecule has 1 aliphatic rings. The minimum absolute atomic E-state index is 0.227. The molecular formula is C18H32O6.